The molecule has 1 fully saturated rings. The number of aliphatic hydroxyl groups excluding tert-OH is 1. The Kier molecular flexibility index (Phi) is 14.2. The molecule has 8 nitrogen and oxygen atoms in total. The lowest BCUT2D eigenvalue weighted by atomic mass is 9.48. The van der Waals surface area contributed by atoms with E-state index in [0.29, 0.717) is 25.0 Å². The summed E-state index contributed by atoms with van der Waals surface area (Å²) in [5.74, 6) is -0.940. The van der Waals surface area contributed by atoms with E-state index in [-0.39, 0.29) is 11.6 Å². The summed E-state index contributed by atoms with van der Waals surface area (Å²) < 4.78 is 0. The molecule has 0 saturated heterocycles. The van der Waals surface area contributed by atoms with Crippen LogP contribution in [0.4, 0.5) is 0 Å². The largest absolute Gasteiger partial charge is 0.460 e. The number of aliphatic hydroxyl groups is 1. The maximum atomic E-state index is 13.8. The minimum absolute atomic E-state index is 0.135. The molecule has 2 aromatic rings. The highest BCUT2D eigenvalue weighted by Crippen LogP contribution is 2.46. The molecule has 0 bridgehead atoms. The van der Waals surface area contributed by atoms with E-state index in [1.54, 1.807) is 12.1 Å². The lowest BCUT2D eigenvalue weighted by molar-refractivity contribution is -0.126. The summed E-state index contributed by atoms with van der Waals surface area (Å²) in [6.07, 6.45) is 11.4. The van der Waals surface area contributed by atoms with Gasteiger partial charge in [-0.1, -0.05) is 114 Å². The van der Waals surface area contributed by atoms with Crippen LogP contribution in [0, 0.1) is 5.92 Å². The van der Waals surface area contributed by atoms with Crippen molar-refractivity contribution in [1.82, 2.24) is 15.6 Å². The van der Waals surface area contributed by atoms with Crippen molar-refractivity contribution in [3.8, 4) is 11.3 Å². The fourth-order valence-corrected chi connectivity index (χ4v) is 6.36. The summed E-state index contributed by atoms with van der Waals surface area (Å²) >= 11 is 0. The summed E-state index contributed by atoms with van der Waals surface area (Å²) in [5, 5.41) is 37.3. The summed E-state index contributed by atoms with van der Waals surface area (Å²) in [7, 11) is -1.61. The Morgan fingerprint density at radius 3 is 1.88 bits per heavy atom. The van der Waals surface area contributed by atoms with E-state index in [1.165, 1.54) is 32.6 Å². The van der Waals surface area contributed by atoms with Crippen LogP contribution in [0.5, 0.6) is 0 Å². The Hall–Kier alpha value is -2.75. The second-order valence-electron chi connectivity index (χ2n) is 12.8. The molecule has 236 valence electrons. The number of carbonyl (C=O) groups excluding carboxylic acids is 2. The highest BCUT2D eigenvalue weighted by Gasteiger charge is 2.48. The van der Waals surface area contributed by atoms with Crippen LogP contribution in [0.2, 0.25) is 5.31 Å². The minimum Gasteiger partial charge on any atom is -0.427 e. The standard InChI is InChI=1S/C34H52BN3O5/c1-25(2)24-30(34(35(42)43)22-15-10-8-6-4-5-7-9-11-16-23-34)37-33(41)31(26(3)39)38-32(40)29-21-17-20-28(36-29)27-18-13-12-14-19-27/h12-14,17-21,25-26,30-31,39,42-43H,4-11,15-16,22-24H2,1-3H3,(H,37,41)(H,38,40)/t26-,30+,31?/m1/s1. The van der Waals surface area contributed by atoms with Gasteiger partial charge in [-0.05, 0) is 44.2 Å². The Bertz CT molecular complexity index is 1110. The molecule has 1 aromatic carbocycles. The lowest BCUT2D eigenvalue weighted by Gasteiger charge is -2.42. The molecule has 2 amide bonds. The third-order valence-electron chi connectivity index (χ3n) is 8.87. The monoisotopic (exact) mass is 593 g/mol. The minimum atomic E-state index is -1.61. The van der Waals surface area contributed by atoms with Gasteiger partial charge in [0.1, 0.15) is 11.7 Å². The molecule has 1 unspecified atom stereocenters. The van der Waals surface area contributed by atoms with E-state index in [0.717, 1.165) is 44.1 Å². The van der Waals surface area contributed by atoms with Crippen molar-refractivity contribution < 1.29 is 24.7 Å². The second kappa shape index (κ2) is 17.5. The first-order valence-electron chi connectivity index (χ1n) is 16.3. The molecule has 43 heavy (non-hydrogen) atoms. The molecule has 1 aliphatic carbocycles. The zero-order valence-corrected chi connectivity index (χ0v) is 26.3. The Morgan fingerprint density at radius 1 is 0.814 bits per heavy atom. The molecule has 5 N–H and O–H groups in total. The number of pyridine rings is 1. The molecule has 0 radical (unpaired) electrons. The molecular weight excluding hydrogens is 541 g/mol. The number of rotatable bonds is 10. The van der Waals surface area contributed by atoms with E-state index in [4.69, 9.17) is 0 Å². The van der Waals surface area contributed by atoms with Crippen LogP contribution < -0.4 is 10.6 Å². The maximum Gasteiger partial charge on any atom is 0.460 e. The van der Waals surface area contributed by atoms with Gasteiger partial charge in [-0.25, -0.2) is 4.98 Å². The summed E-state index contributed by atoms with van der Waals surface area (Å²) in [5.41, 5.74) is 1.62. The molecule has 0 aliphatic heterocycles. The second-order valence-corrected chi connectivity index (χ2v) is 12.8. The van der Waals surface area contributed by atoms with Crippen molar-refractivity contribution in [3.05, 3.63) is 54.2 Å². The van der Waals surface area contributed by atoms with Crippen LogP contribution >= 0.6 is 0 Å². The predicted octanol–water partition coefficient (Wildman–Crippen LogP) is 5.67. The predicted molar refractivity (Wildman–Crippen MR) is 172 cm³/mol. The number of amides is 2. The normalized spacial score (nSPS) is 18.7. The molecule has 3 rings (SSSR count). The van der Waals surface area contributed by atoms with Crippen molar-refractivity contribution in [2.75, 3.05) is 0 Å². The third-order valence-corrected chi connectivity index (χ3v) is 8.87. The van der Waals surface area contributed by atoms with Crippen LogP contribution in [0.25, 0.3) is 11.3 Å². The molecule has 1 aromatic heterocycles. The van der Waals surface area contributed by atoms with Crippen molar-refractivity contribution >= 4 is 18.9 Å². The van der Waals surface area contributed by atoms with E-state index in [1.807, 2.05) is 36.4 Å². The van der Waals surface area contributed by atoms with Crippen molar-refractivity contribution in [2.24, 2.45) is 5.92 Å². The topological polar surface area (TPSA) is 132 Å². The highest BCUT2D eigenvalue weighted by molar-refractivity contribution is 6.46. The average Bonchev–Trinajstić information content (AvgIpc) is 3.01. The number of hydrogen-bond donors (Lipinski definition) is 5. The van der Waals surface area contributed by atoms with Gasteiger partial charge in [-0.2, -0.15) is 0 Å². The molecule has 1 heterocycles. The van der Waals surface area contributed by atoms with Gasteiger partial charge in [0.15, 0.2) is 0 Å². The first-order chi connectivity index (χ1) is 20.6. The van der Waals surface area contributed by atoms with Crippen LogP contribution in [-0.4, -0.2) is 57.3 Å². The van der Waals surface area contributed by atoms with Crippen LogP contribution in [0.1, 0.15) is 115 Å². The molecule has 1 saturated carbocycles. The average molecular weight is 594 g/mol. The Labute approximate surface area is 258 Å². The number of benzene rings is 1. The number of hydrogen-bond acceptors (Lipinski definition) is 6. The van der Waals surface area contributed by atoms with E-state index < -0.39 is 42.4 Å². The summed E-state index contributed by atoms with van der Waals surface area (Å²) in [4.78, 5) is 31.6. The molecule has 1 aliphatic rings. The van der Waals surface area contributed by atoms with Crippen molar-refractivity contribution in [2.45, 2.75) is 128 Å². The fourth-order valence-electron chi connectivity index (χ4n) is 6.36. The molecule has 9 heteroatoms. The van der Waals surface area contributed by atoms with Gasteiger partial charge >= 0.3 is 7.12 Å². The van der Waals surface area contributed by atoms with Crippen molar-refractivity contribution in [1.29, 1.82) is 0 Å². The van der Waals surface area contributed by atoms with E-state index in [9.17, 15) is 24.7 Å². The van der Waals surface area contributed by atoms with Gasteiger partial charge in [-0.3, -0.25) is 9.59 Å². The van der Waals surface area contributed by atoms with Crippen molar-refractivity contribution in [3.63, 3.8) is 0 Å². The molecular formula is C34H52BN3O5. The summed E-state index contributed by atoms with van der Waals surface area (Å²) in [6.45, 7) is 5.57. The van der Waals surface area contributed by atoms with Gasteiger partial charge in [0.2, 0.25) is 5.91 Å². The quantitative estimate of drug-likeness (QED) is 0.226. The first-order valence-corrected chi connectivity index (χ1v) is 16.3. The number of carbonyl (C=O) groups is 2. The van der Waals surface area contributed by atoms with Gasteiger partial charge in [0.25, 0.3) is 5.91 Å². The smallest absolute Gasteiger partial charge is 0.427 e. The third kappa shape index (κ3) is 10.4. The fraction of sp³-hybridized carbons (Fsp3) is 0.618. The SMILES string of the molecule is CC(C)C[C@H](NC(=O)C(NC(=O)c1cccc(-c2ccccc2)n1)[C@@H](C)O)C1(B(O)O)CCCCCCCCCCCC1. The lowest BCUT2D eigenvalue weighted by Crippen LogP contribution is -2.58. The van der Waals surface area contributed by atoms with Gasteiger partial charge in [0, 0.05) is 16.9 Å². The van der Waals surface area contributed by atoms with Crippen LogP contribution in [-0.2, 0) is 4.79 Å². The van der Waals surface area contributed by atoms with Crippen LogP contribution in [0.3, 0.4) is 0 Å². The first kappa shape index (κ1) is 34.7. The van der Waals surface area contributed by atoms with Gasteiger partial charge in [0.05, 0.1) is 11.8 Å². The maximum absolute atomic E-state index is 13.8. The van der Waals surface area contributed by atoms with Gasteiger partial charge < -0.3 is 25.8 Å². The molecule has 3 atom stereocenters. The number of nitrogens with one attached hydrogen (secondary N) is 2. The zero-order valence-electron chi connectivity index (χ0n) is 26.3. The Balaban J connectivity index is 1.83. The number of nitrogens with zero attached hydrogens (tertiary/aromatic N) is 1. The van der Waals surface area contributed by atoms with Gasteiger partial charge in [-0.15, -0.1) is 0 Å². The summed E-state index contributed by atoms with van der Waals surface area (Å²) in [6, 6.07) is 12.8. The van der Waals surface area contributed by atoms with E-state index >= 15 is 0 Å². The zero-order chi connectivity index (χ0) is 31.2. The van der Waals surface area contributed by atoms with Crippen LogP contribution in [0.15, 0.2) is 48.5 Å². The number of aromatic nitrogens is 1. The highest BCUT2D eigenvalue weighted by atomic mass is 16.4. The van der Waals surface area contributed by atoms with E-state index in [2.05, 4.69) is 29.5 Å². The Morgan fingerprint density at radius 2 is 1.37 bits per heavy atom. The molecule has 0 spiro atoms.